The number of rotatable bonds is 82. The average molecular weight is 1510 g/mol. The number of hydrogen-bond acceptors (Lipinski definition) is 15. The summed E-state index contributed by atoms with van der Waals surface area (Å²) >= 11 is 0. The lowest BCUT2D eigenvalue weighted by Crippen LogP contribution is -2.30. The van der Waals surface area contributed by atoms with Gasteiger partial charge in [-0.05, 0) is 43.4 Å². The van der Waals surface area contributed by atoms with Crippen LogP contribution in [-0.2, 0) is 65.4 Å². The zero-order chi connectivity index (χ0) is 75.8. The van der Waals surface area contributed by atoms with Gasteiger partial charge in [0.25, 0.3) is 0 Å². The average Bonchev–Trinajstić information content (AvgIpc) is 0.931. The molecule has 0 bridgehead atoms. The van der Waals surface area contributed by atoms with Crippen molar-refractivity contribution < 1.29 is 80.2 Å². The van der Waals surface area contributed by atoms with E-state index in [1.807, 2.05) is 0 Å². The second-order valence-electron chi connectivity index (χ2n) is 31.4. The van der Waals surface area contributed by atoms with Crippen molar-refractivity contribution in [2.24, 2.45) is 17.8 Å². The van der Waals surface area contributed by atoms with Crippen LogP contribution in [0.1, 0.15) is 440 Å². The Hall–Kier alpha value is -1.94. The highest BCUT2D eigenvalue weighted by atomic mass is 31.2. The summed E-state index contributed by atoms with van der Waals surface area (Å²) in [5.74, 6) is 0.223. The van der Waals surface area contributed by atoms with Crippen molar-refractivity contribution in [2.45, 2.75) is 458 Å². The summed E-state index contributed by atoms with van der Waals surface area (Å²) in [7, 11) is -9.93. The van der Waals surface area contributed by atoms with E-state index >= 15 is 0 Å². The summed E-state index contributed by atoms with van der Waals surface area (Å²) in [5, 5.41) is 10.7. The number of aliphatic hydroxyl groups excluding tert-OH is 1. The third-order valence-corrected chi connectivity index (χ3v) is 21.9. The molecular weight excluding hydrogens is 1340 g/mol. The lowest BCUT2D eigenvalue weighted by Gasteiger charge is -2.21. The molecule has 0 aliphatic rings. The van der Waals surface area contributed by atoms with Crippen molar-refractivity contribution in [3.63, 3.8) is 0 Å². The molecule has 0 fully saturated rings. The van der Waals surface area contributed by atoms with Crippen molar-refractivity contribution >= 4 is 39.5 Å². The Labute approximate surface area is 632 Å². The molecular formula is C84H164O17P2. The van der Waals surface area contributed by atoms with Crippen LogP contribution in [-0.4, -0.2) is 96.7 Å². The first-order valence-corrected chi connectivity index (χ1v) is 46.4. The normalized spacial score (nSPS) is 14.2. The van der Waals surface area contributed by atoms with Crippen LogP contribution in [0.3, 0.4) is 0 Å². The largest absolute Gasteiger partial charge is 0.472 e. The van der Waals surface area contributed by atoms with Crippen molar-refractivity contribution in [1.29, 1.82) is 0 Å². The summed E-state index contributed by atoms with van der Waals surface area (Å²) < 4.78 is 68.8. The Kier molecular flexibility index (Phi) is 72.8. The first-order chi connectivity index (χ1) is 49.8. The van der Waals surface area contributed by atoms with Crippen molar-refractivity contribution in [2.75, 3.05) is 39.6 Å². The van der Waals surface area contributed by atoms with Crippen molar-refractivity contribution in [3.05, 3.63) is 0 Å². The number of carbonyl (C=O) groups excluding carboxylic acids is 4. The Morgan fingerprint density at radius 3 is 0.738 bits per heavy atom. The fourth-order valence-corrected chi connectivity index (χ4v) is 14.6. The molecule has 6 atom stereocenters. The third kappa shape index (κ3) is 76.6. The lowest BCUT2D eigenvalue weighted by atomic mass is 9.99. The molecule has 19 heteroatoms. The molecule has 103 heavy (non-hydrogen) atoms. The van der Waals surface area contributed by atoms with Crippen LogP contribution in [0.4, 0.5) is 0 Å². The molecule has 0 spiro atoms. The number of aliphatic hydroxyl groups is 1. The van der Waals surface area contributed by atoms with Gasteiger partial charge in [-0.1, -0.05) is 389 Å². The monoisotopic (exact) mass is 1510 g/mol. The quantitative estimate of drug-likeness (QED) is 0.0222. The van der Waals surface area contributed by atoms with Gasteiger partial charge in [0.1, 0.15) is 19.3 Å². The first kappa shape index (κ1) is 101. The third-order valence-electron chi connectivity index (χ3n) is 20.0. The Balaban J connectivity index is 5.24. The van der Waals surface area contributed by atoms with Gasteiger partial charge in [-0.25, -0.2) is 9.13 Å². The lowest BCUT2D eigenvalue weighted by molar-refractivity contribution is -0.161. The van der Waals surface area contributed by atoms with Crippen molar-refractivity contribution in [3.8, 4) is 0 Å². The van der Waals surface area contributed by atoms with Crippen LogP contribution in [0.15, 0.2) is 0 Å². The summed E-state index contributed by atoms with van der Waals surface area (Å²) in [6, 6.07) is 0. The number of phosphoric ester groups is 2. The molecule has 0 rings (SSSR count). The van der Waals surface area contributed by atoms with Crippen LogP contribution in [0.2, 0.25) is 0 Å². The minimum atomic E-state index is -4.96. The van der Waals surface area contributed by atoms with Gasteiger partial charge < -0.3 is 33.8 Å². The molecule has 0 aliphatic carbocycles. The van der Waals surface area contributed by atoms with Crippen LogP contribution in [0.25, 0.3) is 0 Å². The number of carbonyl (C=O) groups is 4. The van der Waals surface area contributed by atoms with Gasteiger partial charge >= 0.3 is 39.5 Å². The van der Waals surface area contributed by atoms with Gasteiger partial charge in [0.15, 0.2) is 12.2 Å². The predicted octanol–water partition coefficient (Wildman–Crippen LogP) is 25.3. The molecule has 17 nitrogen and oxygen atoms in total. The summed E-state index contributed by atoms with van der Waals surface area (Å²) in [5.41, 5.74) is 0. The van der Waals surface area contributed by atoms with E-state index in [2.05, 4.69) is 48.5 Å². The molecule has 0 saturated carbocycles. The number of ether oxygens (including phenoxy) is 4. The topological polar surface area (TPSA) is 237 Å². The van der Waals surface area contributed by atoms with Gasteiger partial charge in [-0.2, -0.15) is 0 Å². The van der Waals surface area contributed by atoms with Crippen LogP contribution in [0.5, 0.6) is 0 Å². The van der Waals surface area contributed by atoms with Gasteiger partial charge in [-0.3, -0.25) is 37.3 Å². The summed E-state index contributed by atoms with van der Waals surface area (Å²) in [4.78, 5) is 73.1. The van der Waals surface area contributed by atoms with Gasteiger partial charge in [0.05, 0.1) is 26.4 Å². The van der Waals surface area contributed by atoms with E-state index < -0.39 is 97.5 Å². The predicted molar refractivity (Wildman–Crippen MR) is 423 cm³/mol. The standard InChI is InChI=1S/C84H164O17P2/c1-8-10-11-12-13-14-15-16-17-18-19-20-21-22-27-33-38-45-53-60-67-83(88)100-79(71-94-81(86)65-58-51-44-37-32-26-24-23-25-31-36-43-50-57-64-77(7)9-2)73-98-102(90,91)96-69-78(85)70-97-103(92,93)99-74-80(72-95-82(87)66-59-52-47-40-42-49-56-63-76(5)6)101-84(89)68-61-54-46-39-34-29-28-30-35-41-48-55-62-75(3)4/h75-80,85H,8-74H2,1-7H3,(H,90,91)(H,92,93)/t77?,78-,79-,80-/m1/s1. The number of esters is 4. The van der Waals surface area contributed by atoms with Crippen molar-refractivity contribution in [1.82, 2.24) is 0 Å². The Morgan fingerprint density at radius 2 is 0.495 bits per heavy atom. The van der Waals surface area contributed by atoms with Crippen LogP contribution >= 0.6 is 15.6 Å². The maximum Gasteiger partial charge on any atom is 0.472 e. The molecule has 3 N–H and O–H groups in total. The maximum atomic E-state index is 13.1. The molecule has 0 radical (unpaired) electrons. The molecule has 0 aromatic rings. The zero-order valence-corrected chi connectivity index (χ0v) is 69.6. The van der Waals surface area contributed by atoms with E-state index in [-0.39, 0.29) is 25.7 Å². The molecule has 0 aromatic heterocycles. The minimum absolute atomic E-state index is 0.106. The van der Waals surface area contributed by atoms with Crippen LogP contribution < -0.4 is 0 Å². The SMILES string of the molecule is CCCCCCCCCCCCCCCCCCCCCCC(=O)O[C@H](COC(=O)CCCCCCCCCCCCCCCCC(C)CC)COP(=O)(O)OC[C@@H](O)COP(=O)(O)OC[C@@H](COC(=O)CCCCCCCCCC(C)C)OC(=O)CCCCCCCCCCCCCCC(C)C. The molecule has 0 heterocycles. The fraction of sp³-hybridized carbons (Fsp3) is 0.952. The number of unbranched alkanes of at least 4 members (excludes halogenated alkanes) is 49. The van der Waals surface area contributed by atoms with E-state index in [0.717, 1.165) is 108 Å². The van der Waals surface area contributed by atoms with Crippen LogP contribution in [0, 0.1) is 17.8 Å². The zero-order valence-electron chi connectivity index (χ0n) is 67.8. The minimum Gasteiger partial charge on any atom is -0.462 e. The molecule has 0 amide bonds. The smallest absolute Gasteiger partial charge is 0.462 e. The molecule has 612 valence electrons. The van der Waals surface area contributed by atoms with E-state index in [1.165, 1.54) is 244 Å². The van der Waals surface area contributed by atoms with Gasteiger partial charge in [-0.15, -0.1) is 0 Å². The number of phosphoric acid groups is 2. The highest BCUT2D eigenvalue weighted by Gasteiger charge is 2.30. The van der Waals surface area contributed by atoms with E-state index in [1.54, 1.807) is 0 Å². The Bertz CT molecular complexity index is 1990. The van der Waals surface area contributed by atoms with E-state index in [9.17, 15) is 43.2 Å². The Morgan fingerprint density at radius 1 is 0.282 bits per heavy atom. The molecule has 0 aromatic carbocycles. The second kappa shape index (κ2) is 74.2. The highest BCUT2D eigenvalue weighted by Crippen LogP contribution is 2.45. The fourth-order valence-electron chi connectivity index (χ4n) is 13.0. The second-order valence-corrected chi connectivity index (χ2v) is 34.3. The molecule has 0 saturated heterocycles. The van der Waals surface area contributed by atoms with Gasteiger partial charge in [0.2, 0.25) is 0 Å². The first-order valence-electron chi connectivity index (χ1n) is 43.4. The van der Waals surface area contributed by atoms with E-state index in [0.29, 0.717) is 31.6 Å². The summed E-state index contributed by atoms with van der Waals surface area (Å²) in [6.45, 7) is 12.0. The summed E-state index contributed by atoms with van der Waals surface area (Å²) in [6.07, 6.45) is 63.9. The number of hydrogen-bond donors (Lipinski definition) is 3. The highest BCUT2D eigenvalue weighted by molar-refractivity contribution is 7.47. The van der Waals surface area contributed by atoms with E-state index in [4.69, 9.17) is 37.0 Å². The molecule has 3 unspecified atom stereocenters. The van der Waals surface area contributed by atoms with Gasteiger partial charge in [0, 0.05) is 25.7 Å². The molecule has 0 aliphatic heterocycles. The maximum absolute atomic E-state index is 13.1.